The van der Waals surface area contributed by atoms with Gasteiger partial charge in [-0.1, -0.05) is 43.2 Å². The maximum Gasteiger partial charge on any atom is 0.191 e. The standard InChI is InChI=1S/C26H21ClO4/c1-26(2)11-14-9-19-23(25(31)18-10-16(28)7-8-17(18)24(19)30)22(21(14)20(29)12-26)13-3-5-15(27)6-4-13/h3-8,10,22,28H,9,11-12H2,1-2H3. The first kappa shape index (κ1) is 20.0. The minimum absolute atomic E-state index is 0.0275. The Labute approximate surface area is 185 Å². The maximum absolute atomic E-state index is 13.6. The van der Waals surface area contributed by atoms with Gasteiger partial charge in [0, 0.05) is 45.2 Å². The van der Waals surface area contributed by atoms with Gasteiger partial charge in [-0.15, -0.1) is 0 Å². The highest BCUT2D eigenvalue weighted by Gasteiger charge is 2.46. The van der Waals surface area contributed by atoms with Crippen LogP contribution in [0.5, 0.6) is 5.75 Å². The van der Waals surface area contributed by atoms with Gasteiger partial charge in [0.2, 0.25) is 0 Å². The van der Waals surface area contributed by atoms with Crippen LogP contribution in [0.1, 0.15) is 65.3 Å². The summed E-state index contributed by atoms with van der Waals surface area (Å²) in [5.74, 6) is -1.15. The number of fused-ring (bicyclic) bond motifs is 1. The zero-order valence-corrected chi connectivity index (χ0v) is 18.0. The second kappa shape index (κ2) is 6.76. The predicted molar refractivity (Wildman–Crippen MR) is 118 cm³/mol. The molecule has 4 nitrogen and oxygen atoms in total. The summed E-state index contributed by atoms with van der Waals surface area (Å²) in [5, 5.41) is 10.5. The van der Waals surface area contributed by atoms with Crippen molar-refractivity contribution in [1.29, 1.82) is 0 Å². The molecule has 1 N–H and O–H groups in total. The van der Waals surface area contributed by atoms with E-state index in [1.807, 2.05) is 12.1 Å². The number of allylic oxidation sites excluding steroid dienone is 4. The van der Waals surface area contributed by atoms with Crippen molar-refractivity contribution in [3.05, 3.63) is 86.5 Å². The van der Waals surface area contributed by atoms with E-state index < -0.39 is 5.92 Å². The molecule has 0 heterocycles. The Morgan fingerprint density at radius 2 is 1.61 bits per heavy atom. The Morgan fingerprint density at radius 3 is 2.32 bits per heavy atom. The van der Waals surface area contributed by atoms with E-state index in [1.165, 1.54) is 18.2 Å². The van der Waals surface area contributed by atoms with Crippen LogP contribution in [0.15, 0.2) is 64.8 Å². The predicted octanol–water partition coefficient (Wildman–Crippen LogP) is 5.59. The zero-order valence-electron chi connectivity index (χ0n) is 17.3. The van der Waals surface area contributed by atoms with Crippen molar-refractivity contribution < 1.29 is 19.5 Å². The molecule has 0 fully saturated rings. The van der Waals surface area contributed by atoms with Gasteiger partial charge in [-0.05, 0) is 54.2 Å². The number of phenols is 1. The monoisotopic (exact) mass is 432 g/mol. The molecule has 1 unspecified atom stereocenters. The average Bonchev–Trinajstić information content (AvgIpc) is 2.70. The van der Waals surface area contributed by atoms with Gasteiger partial charge < -0.3 is 5.11 Å². The molecule has 1 atom stereocenters. The number of hydrogen-bond donors (Lipinski definition) is 1. The van der Waals surface area contributed by atoms with Gasteiger partial charge in [0.15, 0.2) is 17.3 Å². The van der Waals surface area contributed by atoms with Crippen LogP contribution in [0.2, 0.25) is 5.02 Å². The number of halogens is 1. The largest absolute Gasteiger partial charge is 0.508 e. The first-order valence-corrected chi connectivity index (χ1v) is 10.7. The number of hydrogen-bond acceptors (Lipinski definition) is 4. The minimum atomic E-state index is -0.605. The molecule has 0 aliphatic heterocycles. The molecule has 0 saturated heterocycles. The lowest BCUT2D eigenvalue weighted by molar-refractivity contribution is -0.118. The van der Waals surface area contributed by atoms with E-state index in [9.17, 15) is 19.5 Å². The molecular formula is C26H21ClO4. The van der Waals surface area contributed by atoms with Crippen molar-refractivity contribution in [2.75, 3.05) is 0 Å². The summed E-state index contributed by atoms with van der Waals surface area (Å²) in [6.07, 6.45) is 1.42. The molecule has 156 valence electrons. The first-order chi connectivity index (χ1) is 14.7. The number of carbonyl (C=O) groups is 3. The summed E-state index contributed by atoms with van der Waals surface area (Å²) in [6, 6.07) is 11.4. The van der Waals surface area contributed by atoms with E-state index in [0.717, 1.165) is 11.1 Å². The summed E-state index contributed by atoms with van der Waals surface area (Å²) in [7, 11) is 0. The van der Waals surface area contributed by atoms with E-state index >= 15 is 0 Å². The topological polar surface area (TPSA) is 71.4 Å². The van der Waals surface area contributed by atoms with Crippen molar-refractivity contribution in [1.82, 2.24) is 0 Å². The molecule has 5 rings (SSSR count). The lowest BCUT2D eigenvalue weighted by Crippen LogP contribution is -2.36. The van der Waals surface area contributed by atoms with Gasteiger partial charge in [-0.3, -0.25) is 14.4 Å². The summed E-state index contributed by atoms with van der Waals surface area (Å²) >= 11 is 6.09. The quantitative estimate of drug-likeness (QED) is 0.637. The third-order valence-electron chi connectivity index (χ3n) is 6.52. The van der Waals surface area contributed by atoms with Gasteiger partial charge in [0.1, 0.15) is 5.75 Å². The lowest BCUT2D eigenvalue weighted by Gasteiger charge is -2.40. The number of Topliss-reactive ketones (excluding diaryl/α,β-unsaturated/α-hetero) is 3. The summed E-state index contributed by atoms with van der Waals surface area (Å²) in [5.41, 5.74) is 3.49. The number of aromatic hydroxyl groups is 1. The van der Waals surface area contributed by atoms with Crippen LogP contribution in [-0.2, 0) is 4.79 Å². The SMILES string of the molecule is CC1(C)CC(=O)C2=C(CC3=C(C(=O)c4cc(O)ccc4C3=O)C2c2ccc(Cl)cc2)C1. The Morgan fingerprint density at radius 1 is 0.903 bits per heavy atom. The smallest absolute Gasteiger partial charge is 0.191 e. The molecule has 5 heteroatoms. The molecule has 2 aromatic carbocycles. The van der Waals surface area contributed by atoms with Crippen molar-refractivity contribution in [3.63, 3.8) is 0 Å². The fraction of sp³-hybridized carbons (Fsp3) is 0.269. The van der Waals surface area contributed by atoms with Gasteiger partial charge in [-0.25, -0.2) is 0 Å². The maximum atomic E-state index is 13.6. The van der Waals surface area contributed by atoms with E-state index in [2.05, 4.69) is 13.8 Å². The van der Waals surface area contributed by atoms with E-state index in [1.54, 1.807) is 12.1 Å². The van der Waals surface area contributed by atoms with Gasteiger partial charge in [0.05, 0.1) is 0 Å². The number of rotatable bonds is 1. The highest BCUT2D eigenvalue weighted by Crippen LogP contribution is 2.52. The molecule has 0 aromatic heterocycles. The molecule has 0 radical (unpaired) electrons. The Hall–Kier alpha value is -2.98. The number of benzene rings is 2. The Kier molecular flexibility index (Phi) is 4.35. The van der Waals surface area contributed by atoms with E-state index in [4.69, 9.17) is 11.6 Å². The second-order valence-electron chi connectivity index (χ2n) is 9.40. The number of phenolic OH excluding ortho intramolecular Hbond substituents is 1. The molecule has 31 heavy (non-hydrogen) atoms. The molecule has 2 aromatic rings. The van der Waals surface area contributed by atoms with E-state index in [0.29, 0.717) is 46.6 Å². The van der Waals surface area contributed by atoms with Gasteiger partial charge in [0.25, 0.3) is 0 Å². The number of ketones is 3. The van der Waals surface area contributed by atoms with Crippen molar-refractivity contribution >= 4 is 29.0 Å². The lowest BCUT2D eigenvalue weighted by atomic mass is 9.61. The van der Waals surface area contributed by atoms with Crippen LogP contribution in [0, 0.1) is 5.41 Å². The van der Waals surface area contributed by atoms with Crippen molar-refractivity contribution in [2.24, 2.45) is 5.41 Å². The fourth-order valence-electron chi connectivity index (χ4n) is 5.30. The van der Waals surface area contributed by atoms with Crippen LogP contribution < -0.4 is 0 Å². The first-order valence-electron chi connectivity index (χ1n) is 10.3. The molecule has 3 aliphatic carbocycles. The summed E-state index contributed by atoms with van der Waals surface area (Å²) in [4.78, 5) is 40.4. The highest BCUT2D eigenvalue weighted by molar-refractivity contribution is 6.30. The Balaban J connectivity index is 1.76. The molecule has 0 bridgehead atoms. The molecule has 0 saturated carbocycles. The third-order valence-corrected chi connectivity index (χ3v) is 6.77. The van der Waals surface area contributed by atoms with Crippen LogP contribution in [0.25, 0.3) is 0 Å². The summed E-state index contributed by atoms with van der Waals surface area (Å²) < 4.78 is 0. The van der Waals surface area contributed by atoms with Crippen LogP contribution >= 0.6 is 11.6 Å². The molecular weight excluding hydrogens is 412 g/mol. The Bertz CT molecular complexity index is 1240. The highest BCUT2D eigenvalue weighted by atomic mass is 35.5. The average molecular weight is 433 g/mol. The number of carbonyl (C=O) groups excluding carboxylic acids is 3. The molecule has 0 spiro atoms. The van der Waals surface area contributed by atoms with Crippen molar-refractivity contribution in [3.8, 4) is 5.75 Å². The van der Waals surface area contributed by atoms with Crippen LogP contribution in [0.4, 0.5) is 0 Å². The zero-order chi connectivity index (χ0) is 22.1. The van der Waals surface area contributed by atoms with Gasteiger partial charge in [-0.2, -0.15) is 0 Å². The second-order valence-corrected chi connectivity index (χ2v) is 9.84. The molecule has 0 amide bonds. The minimum Gasteiger partial charge on any atom is -0.508 e. The van der Waals surface area contributed by atoms with Gasteiger partial charge >= 0.3 is 0 Å². The normalized spacial score (nSPS) is 22.3. The summed E-state index contributed by atoms with van der Waals surface area (Å²) in [6.45, 7) is 4.11. The van der Waals surface area contributed by atoms with E-state index in [-0.39, 0.29) is 34.1 Å². The molecule has 3 aliphatic rings. The third kappa shape index (κ3) is 3.09. The van der Waals surface area contributed by atoms with Crippen LogP contribution in [-0.4, -0.2) is 22.5 Å². The fourth-order valence-corrected chi connectivity index (χ4v) is 5.42. The van der Waals surface area contributed by atoms with Crippen molar-refractivity contribution in [2.45, 2.75) is 39.0 Å². The van der Waals surface area contributed by atoms with Crippen LogP contribution in [0.3, 0.4) is 0 Å².